The van der Waals surface area contributed by atoms with Crippen LogP contribution in [0.25, 0.3) is 10.9 Å². The summed E-state index contributed by atoms with van der Waals surface area (Å²) in [6.45, 7) is 7.40. The third-order valence-corrected chi connectivity index (χ3v) is 5.84. The first-order valence-corrected chi connectivity index (χ1v) is 10.9. The summed E-state index contributed by atoms with van der Waals surface area (Å²) >= 11 is 0. The van der Waals surface area contributed by atoms with E-state index in [2.05, 4.69) is 51.5 Å². The first-order chi connectivity index (χ1) is 15.1. The van der Waals surface area contributed by atoms with Crippen molar-refractivity contribution >= 4 is 28.3 Å². The highest BCUT2D eigenvalue weighted by Crippen LogP contribution is 2.26. The molecule has 4 rings (SSSR count). The number of fused-ring (bicyclic) bond motifs is 1. The van der Waals surface area contributed by atoms with E-state index in [0.717, 1.165) is 54.9 Å². The molecule has 6 heteroatoms. The number of benzene rings is 2. The van der Waals surface area contributed by atoms with E-state index in [1.165, 1.54) is 11.1 Å². The second kappa shape index (κ2) is 9.71. The molecule has 0 spiro atoms. The van der Waals surface area contributed by atoms with Crippen LogP contribution in [0.5, 0.6) is 0 Å². The van der Waals surface area contributed by atoms with Crippen molar-refractivity contribution in [3.05, 3.63) is 72.1 Å². The standard InChI is InChI=1S/C25H29N5O/c1-3-30-13-11-19(12-14-30)15-24(31)29-21-9-10-23-22(16-21)25(27-17-26-23)28-18(2)20-7-5-4-6-8-20/h4-10,15-18H,3,11-14H2,1-2H3,(H,29,31)(H,26,27,28). The molecule has 1 aliphatic heterocycles. The minimum absolute atomic E-state index is 0.0803. The Hall–Kier alpha value is -3.25. The summed E-state index contributed by atoms with van der Waals surface area (Å²) in [5, 5.41) is 7.36. The summed E-state index contributed by atoms with van der Waals surface area (Å²) in [6, 6.07) is 16.1. The van der Waals surface area contributed by atoms with Crippen molar-refractivity contribution in [2.45, 2.75) is 32.7 Å². The van der Waals surface area contributed by atoms with Gasteiger partial charge in [-0.15, -0.1) is 0 Å². The van der Waals surface area contributed by atoms with Crippen LogP contribution in [0.3, 0.4) is 0 Å². The van der Waals surface area contributed by atoms with Crippen molar-refractivity contribution in [1.82, 2.24) is 14.9 Å². The van der Waals surface area contributed by atoms with Gasteiger partial charge in [0.1, 0.15) is 12.1 Å². The van der Waals surface area contributed by atoms with E-state index in [1.54, 1.807) is 12.4 Å². The number of hydrogen-bond donors (Lipinski definition) is 2. The van der Waals surface area contributed by atoms with Gasteiger partial charge in [-0.05, 0) is 50.1 Å². The Labute approximate surface area is 183 Å². The van der Waals surface area contributed by atoms with Crippen LogP contribution in [0.4, 0.5) is 11.5 Å². The highest BCUT2D eigenvalue weighted by molar-refractivity contribution is 6.02. The normalized spacial score (nSPS) is 15.5. The second-order valence-electron chi connectivity index (χ2n) is 7.96. The van der Waals surface area contributed by atoms with Gasteiger partial charge in [-0.3, -0.25) is 4.79 Å². The van der Waals surface area contributed by atoms with E-state index in [0.29, 0.717) is 0 Å². The molecule has 0 saturated carbocycles. The predicted octanol–water partition coefficient (Wildman–Crippen LogP) is 4.78. The summed E-state index contributed by atoms with van der Waals surface area (Å²) in [7, 11) is 0. The third kappa shape index (κ3) is 5.27. The molecular weight excluding hydrogens is 386 g/mol. The molecule has 2 heterocycles. The molecule has 0 bridgehead atoms. The van der Waals surface area contributed by atoms with E-state index >= 15 is 0 Å². The van der Waals surface area contributed by atoms with E-state index in [1.807, 2.05) is 36.4 Å². The van der Waals surface area contributed by atoms with Crippen LogP contribution in [0.2, 0.25) is 0 Å². The van der Waals surface area contributed by atoms with Crippen LogP contribution in [0, 0.1) is 0 Å². The lowest BCUT2D eigenvalue weighted by molar-refractivity contribution is -0.112. The van der Waals surface area contributed by atoms with Crippen molar-refractivity contribution < 1.29 is 4.79 Å². The number of likely N-dealkylation sites (tertiary alicyclic amines) is 1. The fourth-order valence-corrected chi connectivity index (χ4v) is 3.94. The molecule has 1 saturated heterocycles. The first-order valence-electron chi connectivity index (χ1n) is 10.9. The smallest absolute Gasteiger partial charge is 0.248 e. The van der Waals surface area contributed by atoms with Crippen molar-refractivity contribution in [3.8, 4) is 0 Å². The summed E-state index contributed by atoms with van der Waals surface area (Å²) in [4.78, 5) is 23.8. The Balaban J connectivity index is 1.49. The van der Waals surface area contributed by atoms with Crippen molar-refractivity contribution in [3.63, 3.8) is 0 Å². The van der Waals surface area contributed by atoms with Crippen molar-refractivity contribution in [1.29, 1.82) is 0 Å². The SMILES string of the molecule is CCN1CCC(=CC(=O)Nc2ccc3ncnc(NC(C)c4ccccc4)c3c2)CC1. The molecule has 3 aromatic rings. The largest absolute Gasteiger partial charge is 0.363 e. The van der Waals surface area contributed by atoms with Crippen LogP contribution in [0.1, 0.15) is 38.3 Å². The maximum atomic E-state index is 12.6. The molecule has 31 heavy (non-hydrogen) atoms. The molecule has 0 aliphatic carbocycles. The van der Waals surface area contributed by atoms with Crippen LogP contribution in [0.15, 0.2) is 66.5 Å². The maximum absolute atomic E-state index is 12.6. The molecule has 0 radical (unpaired) electrons. The number of nitrogens with zero attached hydrogens (tertiary/aromatic N) is 3. The average Bonchev–Trinajstić information content (AvgIpc) is 2.80. The molecule has 2 N–H and O–H groups in total. The molecule has 1 unspecified atom stereocenters. The van der Waals surface area contributed by atoms with Gasteiger partial charge in [0.15, 0.2) is 0 Å². The van der Waals surface area contributed by atoms with Gasteiger partial charge >= 0.3 is 0 Å². The fourth-order valence-electron chi connectivity index (χ4n) is 3.94. The van der Waals surface area contributed by atoms with Crippen molar-refractivity contribution in [2.24, 2.45) is 0 Å². The van der Waals surface area contributed by atoms with Gasteiger partial charge < -0.3 is 15.5 Å². The Morgan fingerprint density at radius 3 is 2.65 bits per heavy atom. The van der Waals surface area contributed by atoms with E-state index in [4.69, 9.17) is 0 Å². The van der Waals surface area contributed by atoms with Crippen LogP contribution in [-0.4, -0.2) is 40.4 Å². The van der Waals surface area contributed by atoms with E-state index in [-0.39, 0.29) is 11.9 Å². The Kier molecular flexibility index (Phi) is 6.57. The van der Waals surface area contributed by atoms with Crippen LogP contribution < -0.4 is 10.6 Å². The highest BCUT2D eigenvalue weighted by Gasteiger charge is 2.14. The number of anilines is 2. The fraction of sp³-hybridized carbons (Fsp3) is 0.320. The van der Waals surface area contributed by atoms with Gasteiger partial charge in [0, 0.05) is 36.3 Å². The average molecular weight is 416 g/mol. The molecule has 160 valence electrons. The van der Waals surface area contributed by atoms with Gasteiger partial charge in [0.2, 0.25) is 5.91 Å². The van der Waals surface area contributed by atoms with E-state index in [9.17, 15) is 4.79 Å². The van der Waals surface area contributed by atoms with Gasteiger partial charge in [0.05, 0.1) is 5.52 Å². The summed E-state index contributed by atoms with van der Waals surface area (Å²) in [5.41, 5.74) is 3.97. The minimum Gasteiger partial charge on any atom is -0.363 e. The lowest BCUT2D eigenvalue weighted by Gasteiger charge is -2.26. The molecular formula is C25H29N5O. The zero-order valence-corrected chi connectivity index (χ0v) is 18.1. The Bertz CT molecular complexity index is 1070. The first kappa shape index (κ1) is 21.0. The minimum atomic E-state index is -0.0803. The Morgan fingerprint density at radius 2 is 1.90 bits per heavy atom. The van der Waals surface area contributed by atoms with Gasteiger partial charge in [-0.2, -0.15) is 0 Å². The molecule has 6 nitrogen and oxygen atoms in total. The predicted molar refractivity (Wildman–Crippen MR) is 126 cm³/mol. The van der Waals surface area contributed by atoms with E-state index < -0.39 is 0 Å². The maximum Gasteiger partial charge on any atom is 0.248 e. The number of carbonyl (C=O) groups excluding carboxylic acids is 1. The third-order valence-electron chi connectivity index (χ3n) is 5.84. The number of aromatic nitrogens is 2. The highest BCUT2D eigenvalue weighted by atomic mass is 16.1. The van der Waals surface area contributed by atoms with Crippen LogP contribution >= 0.6 is 0 Å². The van der Waals surface area contributed by atoms with Crippen LogP contribution in [-0.2, 0) is 4.79 Å². The summed E-state index contributed by atoms with van der Waals surface area (Å²) in [5.74, 6) is 0.672. The second-order valence-corrected chi connectivity index (χ2v) is 7.96. The molecule has 1 aromatic heterocycles. The number of carbonyl (C=O) groups is 1. The molecule has 1 aliphatic rings. The topological polar surface area (TPSA) is 70.2 Å². The van der Waals surface area contributed by atoms with Gasteiger partial charge in [-0.25, -0.2) is 9.97 Å². The Morgan fingerprint density at radius 1 is 1.13 bits per heavy atom. The molecule has 1 amide bonds. The number of rotatable bonds is 6. The number of hydrogen-bond acceptors (Lipinski definition) is 5. The van der Waals surface area contributed by atoms with Gasteiger partial charge in [-0.1, -0.05) is 42.8 Å². The molecule has 2 aromatic carbocycles. The lowest BCUT2D eigenvalue weighted by Crippen LogP contribution is -2.30. The molecule has 1 fully saturated rings. The van der Waals surface area contributed by atoms with Crippen molar-refractivity contribution in [2.75, 3.05) is 30.3 Å². The summed E-state index contributed by atoms with van der Waals surface area (Å²) < 4.78 is 0. The monoisotopic (exact) mass is 415 g/mol. The number of nitrogens with one attached hydrogen (secondary N) is 2. The lowest BCUT2D eigenvalue weighted by atomic mass is 10.0. The number of piperidine rings is 1. The zero-order valence-electron chi connectivity index (χ0n) is 18.1. The van der Waals surface area contributed by atoms with Gasteiger partial charge in [0.25, 0.3) is 0 Å². The number of amides is 1. The molecule has 1 atom stereocenters. The summed E-state index contributed by atoms with van der Waals surface area (Å²) in [6.07, 6.45) is 5.24. The zero-order chi connectivity index (χ0) is 21.6. The quantitative estimate of drug-likeness (QED) is 0.567.